The number of anilines is 1. The predicted octanol–water partition coefficient (Wildman–Crippen LogP) is 7.20. The van der Waals surface area contributed by atoms with Crippen LogP contribution in [0.1, 0.15) is 71.7 Å². The highest BCUT2D eigenvalue weighted by molar-refractivity contribution is 6.31. The van der Waals surface area contributed by atoms with Crippen LogP contribution in [-0.4, -0.2) is 32.2 Å². The van der Waals surface area contributed by atoms with E-state index in [0.29, 0.717) is 52.5 Å². The summed E-state index contributed by atoms with van der Waals surface area (Å²) in [6.07, 6.45) is 1.69. The zero-order chi connectivity index (χ0) is 30.0. The van der Waals surface area contributed by atoms with Crippen molar-refractivity contribution in [1.82, 2.24) is 0 Å². The van der Waals surface area contributed by atoms with Gasteiger partial charge in [0.2, 0.25) is 5.76 Å². The highest BCUT2D eigenvalue weighted by Gasteiger charge is 2.44. The van der Waals surface area contributed by atoms with E-state index in [9.17, 15) is 14.4 Å². The molecular formula is C33H32ClNO7. The smallest absolute Gasteiger partial charge is 0.338 e. The number of carbonyl (C=O) groups excluding carboxylic acids is 2. The van der Waals surface area contributed by atoms with Gasteiger partial charge in [-0.25, -0.2) is 4.79 Å². The third-order valence-corrected chi connectivity index (χ3v) is 7.26. The molecule has 0 spiro atoms. The summed E-state index contributed by atoms with van der Waals surface area (Å²) in [5.74, 6) is 0.343. The van der Waals surface area contributed by atoms with E-state index in [1.807, 2.05) is 20.8 Å². The maximum Gasteiger partial charge on any atom is 0.338 e. The molecule has 1 aliphatic heterocycles. The molecule has 3 aromatic carbocycles. The number of ether oxygens (including phenoxy) is 3. The van der Waals surface area contributed by atoms with Crippen molar-refractivity contribution in [3.63, 3.8) is 0 Å². The van der Waals surface area contributed by atoms with Crippen LogP contribution >= 0.6 is 11.6 Å². The molecule has 0 aliphatic carbocycles. The summed E-state index contributed by atoms with van der Waals surface area (Å²) in [6, 6.07) is 15.7. The molecule has 4 aromatic rings. The maximum absolute atomic E-state index is 14.0. The van der Waals surface area contributed by atoms with Gasteiger partial charge in [-0.15, -0.1) is 0 Å². The molecule has 0 saturated heterocycles. The summed E-state index contributed by atoms with van der Waals surface area (Å²) in [4.78, 5) is 41.9. The first-order valence-electron chi connectivity index (χ1n) is 13.9. The molecule has 218 valence electrons. The van der Waals surface area contributed by atoms with E-state index in [-0.39, 0.29) is 27.7 Å². The minimum atomic E-state index is -0.845. The number of amides is 1. The molecule has 1 amide bonds. The van der Waals surface area contributed by atoms with Gasteiger partial charge < -0.3 is 18.6 Å². The van der Waals surface area contributed by atoms with Gasteiger partial charge in [-0.3, -0.25) is 14.5 Å². The second-order valence-corrected chi connectivity index (χ2v) is 11.0. The topological polar surface area (TPSA) is 95.3 Å². The van der Waals surface area contributed by atoms with Crippen LogP contribution in [0.3, 0.4) is 0 Å². The van der Waals surface area contributed by atoms with Gasteiger partial charge in [0.25, 0.3) is 5.91 Å². The fraction of sp³-hybridized carbons (Fsp3) is 0.303. The van der Waals surface area contributed by atoms with Crippen molar-refractivity contribution >= 4 is 40.1 Å². The number of hydrogen-bond donors (Lipinski definition) is 0. The Labute approximate surface area is 248 Å². The highest BCUT2D eigenvalue weighted by atomic mass is 35.5. The van der Waals surface area contributed by atoms with Crippen molar-refractivity contribution in [1.29, 1.82) is 0 Å². The number of rotatable bonds is 10. The summed E-state index contributed by atoms with van der Waals surface area (Å²) >= 11 is 6.21. The fourth-order valence-corrected chi connectivity index (χ4v) is 5.08. The highest BCUT2D eigenvalue weighted by Crippen LogP contribution is 2.43. The molecule has 9 heteroatoms. The molecule has 1 atom stereocenters. The Hall–Kier alpha value is -4.30. The average molecular weight is 590 g/mol. The van der Waals surface area contributed by atoms with Gasteiger partial charge >= 0.3 is 5.97 Å². The van der Waals surface area contributed by atoms with Crippen LogP contribution < -0.4 is 19.8 Å². The lowest BCUT2D eigenvalue weighted by molar-refractivity contribution is 0.0499. The van der Waals surface area contributed by atoms with Crippen molar-refractivity contribution in [2.75, 3.05) is 25.2 Å². The largest absolute Gasteiger partial charge is 0.493 e. The SMILES string of the molecule is CCCCOC(=O)c1ccc(N2C(=O)c3oc4ccc(Cl)cc4c(=O)c3C2c2ccc(OCC(C)C)c(OC)c2)cc1. The van der Waals surface area contributed by atoms with Gasteiger partial charge in [0.05, 0.1) is 42.9 Å². The second kappa shape index (κ2) is 12.3. The van der Waals surface area contributed by atoms with Gasteiger partial charge in [-0.05, 0) is 72.5 Å². The van der Waals surface area contributed by atoms with Crippen LogP contribution in [0.5, 0.6) is 11.5 Å². The lowest BCUT2D eigenvalue weighted by atomic mass is 9.97. The van der Waals surface area contributed by atoms with Crippen LogP contribution in [0.25, 0.3) is 11.0 Å². The zero-order valence-electron chi connectivity index (χ0n) is 23.9. The molecule has 1 aromatic heterocycles. The lowest BCUT2D eigenvalue weighted by Gasteiger charge is -2.26. The monoisotopic (exact) mass is 589 g/mol. The Morgan fingerprint density at radius 2 is 1.79 bits per heavy atom. The van der Waals surface area contributed by atoms with Crippen LogP contribution in [0, 0.1) is 5.92 Å². The molecule has 8 nitrogen and oxygen atoms in total. The van der Waals surface area contributed by atoms with Crippen LogP contribution in [0.2, 0.25) is 5.02 Å². The Balaban J connectivity index is 1.62. The zero-order valence-corrected chi connectivity index (χ0v) is 24.7. The normalized spacial score (nSPS) is 14.4. The van der Waals surface area contributed by atoms with Crippen molar-refractivity contribution < 1.29 is 28.2 Å². The van der Waals surface area contributed by atoms with E-state index in [0.717, 1.165) is 12.8 Å². The molecule has 42 heavy (non-hydrogen) atoms. The Kier molecular flexibility index (Phi) is 8.54. The number of esters is 1. The number of methoxy groups -OCH3 is 1. The minimum Gasteiger partial charge on any atom is -0.493 e. The van der Waals surface area contributed by atoms with Gasteiger partial charge in [0, 0.05) is 10.7 Å². The third-order valence-electron chi connectivity index (χ3n) is 7.02. The van der Waals surface area contributed by atoms with E-state index < -0.39 is 17.9 Å². The summed E-state index contributed by atoms with van der Waals surface area (Å²) < 4.78 is 22.9. The molecule has 1 unspecified atom stereocenters. The molecule has 0 fully saturated rings. The number of nitrogens with zero attached hydrogens (tertiary/aromatic N) is 1. The van der Waals surface area contributed by atoms with Gasteiger partial charge in [0.1, 0.15) is 5.58 Å². The van der Waals surface area contributed by atoms with Crippen LogP contribution in [0.4, 0.5) is 5.69 Å². The third kappa shape index (κ3) is 5.59. The van der Waals surface area contributed by atoms with Crippen molar-refractivity contribution in [3.8, 4) is 11.5 Å². The molecule has 0 saturated carbocycles. The number of unbranched alkanes of at least 4 members (excludes halogenated alkanes) is 1. The van der Waals surface area contributed by atoms with Gasteiger partial charge in [0.15, 0.2) is 16.9 Å². The summed E-state index contributed by atoms with van der Waals surface area (Å²) in [5.41, 5.74) is 1.55. The van der Waals surface area contributed by atoms with Gasteiger partial charge in [-0.1, -0.05) is 44.9 Å². The minimum absolute atomic E-state index is 0.0537. The van der Waals surface area contributed by atoms with E-state index >= 15 is 0 Å². The van der Waals surface area contributed by atoms with E-state index in [2.05, 4.69) is 0 Å². The van der Waals surface area contributed by atoms with Crippen molar-refractivity contribution in [3.05, 3.63) is 98.4 Å². The average Bonchev–Trinajstić information content (AvgIpc) is 3.28. The Morgan fingerprint density at radius 3 is 2.48 bits per heavy atom. The predicted molar refractivity (Wildman–Crippen MR) is 161 cm³/mol. The Bertz CT molecular complexity index is 1690. The number of halogens is 1. The molecule has 2 heterocycles. The van der Waals surface area contributed by atoms with E-state index in [4.69, 9.17) is 30.2 Å². The number of benzene rings is 3. The molecule has 1 aliphatic rings. The van der Waals surface area contributed by atoms with E-state index in [1.54, 1.807) is 54.6 Å². The van der Waals surface area contributed by atoms with Crippen molar-refractivity contribution in [2.24, 2.45) is 5.92 Å². The lowest BCUT2D eigenvalue weighted by Crippen LogP contribution is -2.29. The fourth-order valence-electron chi connectivity index (χ4n) is 4.91. The maximum atomic E-state index is 14.0. The number of carbonyl (C=O) groups is 2. The van der Waals surface area contributed by atoms with Gasteiger partial charge in [-0.2, -0.15) is 0 Å². The number of fused-ring (bicyclic) bond motifs is 2. The molecule has 5 rings (SSSR count). The molecular weight excluding hydrogens is 558 g/mol. The Morgan fingerprint density at radius 1 is 1.02 bits per heavy atom. The summed E-state index contributed by atoms with van der Waals surface area (Å²) in [5, 5.41) is 0.650. The molecule has 0 N–H and O–H groups in total. The summed E-state index contributed by atoms with van der Waals surface area (Å²) in [6.45, 7) is 6.94. The first kappa shape index (κ1) is 29.2. The first-order chi connectivity index (χ1) is 20.2. The first-order valence-corrected chi connectivity index (χ1v) is 14.3. The number of hydrogen-bond acceptors (Lipinski definition) is 7. The molecule has 0 radical (unpaired) electrons. The van der Waals surface area contributed by atoms with E-state index in [1.165, 1.54) is 18.1 Å². The van der Waals surface area contributed by atoms with Crippen LogP contribution in [0.15, 0.2) is 69.9 Å². The standard InChI is InChI=1S/C33H32ClNO7/c1-5-6-15-40-33(38)20-7-11-23(12-8-20)35-29(21-9-13-26(27(16-21)39-4)41-18-19(2)3)28-30(36)24-17-22(34)10-14-25(24)42-31(28)32(35)37/h7-14,16-17,19,29H,5-6,15,18H2,1-4H3. The quantitative estimate of drug-likeness (QED) is 0.143. The second-order valence-electron chi connectivity index (χ2n) is 10.5. The van der Waals surface area contributed by atoms with Crippen molar-refractivity contribution in [2.45, 2.75) is 39.7 Å². The summed E-state index contributed by atoms with van der Waals surface area (Å²) in [7, 11) is 1.54. The van der Waals surface area contributed by atoms with Crippen LogP contribution in [-0.2, 0) is 4.74 Å². The molecule has 0 bridgehead atoms.